The lowest BCUT2D eigenvalue weighted by Gasteiger charge is -2.35. The maximum Gasteiger partial charge on any atom is 0.0300 e. The Morgan fingerprint density at radius 2 is 1.73 bits per heavy atom. The van der Waals surface area contributed by atoms with E-state index in [9.17, 15) is 0 Å². The van der Waals surface area contributed by atoms with E-state index >= 15 is 0 Å². The van der Waals surface area contributed by atoms with Crippen LogP contribution in [-0.4, -0.2) is 0 Å². The quantitative estimate of drug-likeness (QED) is 0.501. The molecule has 0 nitrogen and oxygen atoms in total. The molecule has 0 aliphatic heterocycles. The Balaban J connectivity index is 2.54. The van der Waals surface area contributed by atoms with Gasteiger partial charge in [-0.25, -0.2) is 0 Å². The second kappa shape index (κ2) is 3.16. The zero-order chi connectivity index (χ0) is 11.0. The van der Waals surface area contributed by atoms with Crippen LogP contribution in [0, 0.1) is 17.2 Å². The molecule has 0 saturated heterocycles. The van der Waals surface area contributed by atoms with Gasteiger partial charge < -0.3 is 0 Å². The summed E-state index contributed by atoms with van der Waals surface area (Å²) in [5.41, 5.74) is 0.320. The maximum absolute atomic E-state index is 7.99. The van der Waals surface area contributed by atoms with Crippen LogP contribution in [0.25, 0.3) is 0 Å². The summed E-state index contributed by atoms with van der Waals surface area (Å²) >= 11 is 0. The first-order valence-electron chi connectivity index (χ1n) is 6.26. The van der Waals surface area contributed by atoms with Gasteiger partial charge in [-0.1, -0.05) is 40.5 Å². The third-order valence-electron chi connectivity index (χ3n) is 2.85. The van der Waals surface area contributed by atoms with Gasteiger partial charge in [0.05, 0.1) is 0 Å². The number of hydrogen-bond donors (Lipinski definition) is 0. The van der Waals surface area contributed by atoms with Crippen molar-refractivity contribution in [1.29, 1.82) is 0 Å². The van der Waals surface area contributed by atoms with Crippen molar-refractivity contribution in [3.63, 3.8) is 0 Å². The molecule has 0 amide bonds. The van der Waals surface area contributed by atoms with Crippen molar-refractivity contribution in [2.24, 2.45) is 17.2 Å². The Morgan fingerprint density at radius 1 is 1.18 bits per heavy atom. The highest BCUT2D eigenvalue weighted by molar-refractivity contribution is 4.78. The molecule has 0 atom stereocenters. The van der Waals surface area contributed by atoms with Crippen molar-refractivity contribution >= 4 is 0 Å². The lowest BCUT2D eigenvalue weighted by molar-refractivity contribution is 0.155. The first-order chi connectivity index (χ1) is 6.26. The molecule has 1 fully saturated rings. The summed E-state index contributed by atoms with van der Waals surface area (Å²) < 4.78 is 22.7. The van der Waals surface area contributed by atoms with Gasteiger partial charge in [0.2, 0.25) is 0 Å². The van der Waals surface area contributed by atoms with E-state index < -0.39 is 12.8 Å². The molecule has 0 aromatic heterocycles. The average molecular weight is 157 g/mol. The molecular weight excluding hydrogens is 132 g/mol. The van der Waals surface area contributed by atoms with Gasteiger partial charge >= 0.3 is 0 Å². The normalized spacial score (nSPS) is 44.7. The molecule has 0 N–H and O–H groups in total. The Kier molecular flexibility index (Phi) is 1.61. The average Bonchev–Trinajstić information content (AvgIpc) is 2.03. The molecule has 0 spiro atoms. The van der Waals surface area contributed by atoms with Crippen LogP contribution >= 0.6 is 0 Å². The van der Waals surface area contributed by atoms with Gasteiger partial charge in [-0.05, 0) is 30.1 Å². The molecule has 0 unspecified atom stereocenters. The fourth-order valence-corrected chi connectivity index (χ4v) is 1.85. The largest absolute Gasteiger partial charge is 0.0625 e. The Hall–Kier alpha value is 0. The molecule has 1 aliphatic carbocycles. The van der Waals surface area contributed by atoms with Gasteiger partial charge in [0, 0.05) is 4.11 Å². The van der Waals surface area contributed by atoms with Crippen LogP contribution in [0.5, 0.6) is 0 Å². The van der Waals surface area contributed by atoms with E-state index in [1.165, 1.54) is 0 Å². The molecule has 0 heterocycles. The SMILES string of the molecule is [2H]C([2H])C1([2H])CCC(C(C)(C)C)CC1. The van der Waals surface area contributed by atoms with Crippen LogP contribution in [0.15, 0.2) is 0 Å². The van der Waals surface area contributed by atoms with Crippen molar-refractivity contribution in [3.8, 4) is 0 Å². The lowest BCUT2D eigenvalue weighted by Crippen LogP contribution is -2.24. The van der Waals surface area contributed by atoms with Gasteiger partial charge in [0.25, 0.3) is 0 Å². The fraction of sp³-hybridized carbons (Fsp3) is 1.00. The maximum atomic E-state index is 7.99. The Morgan fingerprint density at radius 3 is 2.09 bits per heavy atom. The standard InChI is InChI=1S/C11H22/c1-9-5-7-10(8-6-9)11(2,3)4/h9-10H,5-8H2,1-4H3/i1D2,9D. The highest BCUT2D eigenvalue weighted by Crippen LogP contribution is 2.39. The van der Waals surface area contributed by atoms with E-state index in [1.54, 1.807) is 0 Å². The van der Waals surface area contributed by atoms with Crippen molar-refractivity contribution < 1.29 is 4.11 Å². The van der Waals surface area contributed by atoms with Gasteiger partial charge in [-0.2, -0.15) is 0 Å². The number of hydrogen-bond acceptors (Lipinski definition) is 0. The molecule has 0 heteroatoms. The summed E-state index contributed by atoms with van der Waals surface area (Å²) in [7, 11) is 0. The van der Waals surface area contributed by atoms with Crippen LogP contribution < -0.4 is 0 Å². The van der Waals surface area contributed by atoms with Gasteiger partial charge in [-0.3, -0.25) is 0 Å². The molecule has 11 heavy (non-hydrogen) atoms. The predicted octanol–water partition coefficient (Wildman–Crippen LogP) is 3.86. The van der Waals surface area contributed by atoms with E-state index in [2.05, 4.69) is 20.8 Å². The third-order valence-corrected chi connectivity index (χ3v) is 2.85. The molecule has 1 saturated carbocycles. The van der Waals surface area contributed by atoms with E-state index in [4.69, 9.17) is 4.11 Å². The first-order valence-corrected chi connectivity index (χ1v) is 4.60. The summed E-state index contributed by atoms with van der Waals surface area (Å²) in [6.45, 7) is 5.75. The van der Waals surface area contributed by atoms with Gasteiger partial charge in [0.15, 0.2) is 0 Å². The minimum absolute atomic E-state index is 0.320. The monoisotopic (exact) mass is 157 g/mol. The highest BCUT2D eigenvalue weighted by Gasteiger charge is 2.27. The summed E-state index contributed by atoms with van der Waals surface area (Å²) in [6.07, 6.45) is 3.49. The van der Waals surface area contributed by atoms with Crippen molar-refractivity contribution in [2.45, 2.75) is 53.3 Å². The van der Waals surface area contributed by atoms with Crippen LogP contribution in [0.3, 0.4) is 0 Å². The molecule has 0 bridgehead atoms. The Labute approximate surface area is 75.6 Å². The summed E-state index contributed by atoms with van der Waals surface area (Å²) in [5, 5.41) is 0. The molecular formula is C11H22. The predicted molar refractivity (Wildman–Crippen MR) is 50.6 cm³/mol. The molecule has 1 aliphatic rings. The van der Waals surface area contributed by atoms with Gasteiger partial charge in [-0.15, -0.1) is 0 Å². The van der Waals surface area contributed by atoms with Crippen molar-refractivity contribution in [2.75, 3.05) is 0 Å². The van der Waals surface area contributed by atoms with Crippen LogP contribution in [0.2, 0.25) is 0 Å². The van der Waals surface area contributed by atoms with Crippen LogP contribution in [-0.2, 0) is 0 Å². The zero-order valence-corrected chi connectivity index (χ0v) is 7.98. The van der Waals surface area contributed by atoms with E-state index in [1.807, 2.05) is 0 Å². The molecule has 66 valence electrons. The fourth-order valence-electron chi connectivity index (χ4n) is 1.85. The second-order valence-electron chi connectivity index (χ2n) is 4.80. The summed E-state index contributed by atoms with van der Waals surface area (Å²) in [4.78, 5) is 0. The van der Waals surface area contributed by atoms with E-state index in [0.717, 1.165) is 25.7 Å². The second-order valence-corrected chi connectivity index (χ2v) is 4.80. The number of rotatable bonds is 0. The van der Waals surface area contributed by atoms with Gasteiger partial charge in [0.1, 0.15) is 0 Å². The minimum Gasteiger partial charge on any atom is -0.0625 e. The summed E-state index contributed by atoms with van der Waals surface area (Å²) in [6, 6.07) is 0. The zero-order valence-electron chi connectivity index (χ0n) is 11.0. The molecule has 0 aromatic rings. The Bertz CT molecular complexity index is 185. The smallest absolute Gasteiger partial charge is 0.0300 e. The van der Waals surface area contributed by atoms with Crippen LogP contribution in [0.4, 0.5) is 0 Å². The van der Waals surface area contributed by atoms with E-state index in [-0.39, 0.29) is 0 Å². The molecule has 0 aromatic carbocycles. The lowest BCUT2D eigenvalue weighted by atomic mass is 9.70. The molecule has 0 radical (unpaired) electrons. The highest BCUT2D eigenvalue weighted by atomic mass is 14.3. The van der Waals surface area contributed by atoms with E-state index in [0.29, 0.717) is 11.3 Å². The third kappa shape index (κ3) is 2.50. The van der Waals surface area contributed by atoms with Crippen molar-refractivity contribution in [1.82, 2.24) is 0 Å². The van der Waals surface area contributed by atoms with Crippen LogP contribution in [0.1, 0.15) is 57.4 Å². The van der Waals surface area contributed by atoms with Crippen molar-refractivity contribution in [3.05, 3.63) is 0 Å². The minimum atomic E-state index is -0.983. The summed E-state index contributed by atoms with van der Waals surface area (Å²) in [5.74, 6) is -0.124. The molecule has 1 rings (SSSR count). The first kappa shape index (κ1) is 5.61. The topological polar surface area (TPSA) is 0 Å².